The summed E-state index contributed by atoms with van der Waals surface area (Å²) in [5.74, 6) is 0. The molecule has 1 saturated heterocycles. The summed E-state index contributed by atoms with van der Waals surface area (Å²) < 4.78 is 0. The number of rotatable bonds is 2. The van der Waals surface area contributed by atoms with Crippen LogP contribution in [0.5, 0.6) is 0 Å². The molecule has 1 aliphatic heterocycles. The van der Waals surface area contributed by atoms with Crippen molar-refractivity contribution in [2.45, 2.75) is 50.6 Å². The van der Waals surface area contributed by atoms with Crippen molar-refractivity contribution < 1.29 is 4.79 Å². The maximum atomic E-state index is 10.7. The summed E-state index contributed by atoms with van der Waals surface area (Å²) in [7, 11) is 0. The van der Waals surface area contributed by atoms with Crippen LogP contribution in [-0.2, 0) is 4.79 Å². The quantitative estimate of drug-likeness (QED) is 0.582. The van der Waals surface area contributed by atoms with Crippen LogP contribution >= 0.6 is 0 Å². The molecule has 1 saturated carbocycles. The van der Waals surface area contributed by atoms with E-state index in [1.807, 2.05) is 0 Å². The SMILES string of the molecule is O=CC1CCCN1C1CCCC1. The van der Waals surface area contributed by atoms with Gasteiger partial charge in [-0.05, 0) is 32.2 Å². The predicted octanol–water partition coefficient (Wildman–Crippen LogP) is 1.59. The molecule has 0 amide bonds. The summed E-state index contributed by atoms with van der Waals surface area (Å²) >= 11 is 0. The van der Waals surface area contributed by atoms with Gasteiger partial charge in [-0.25, -0.2) is 0 Å². The van der Waals surface area contributed by atoms with Crippen LogP contribution in [0.3, 0.4) is 0 Å². The van der Waals surface area contributed by atoms with Crippen LogP contribution in [0, 0.1) is 0 Å². The van der Waals surface area contributed by atoms with Gasteiger partial charge >= 0.3 is 0 Å². The van der Waals surface area contributed by atoms with Gasteiger partial charge in [0.1, 0.15) is 6.29 Å². The monoisotopic (exact) mass is 167 g/mol. The van der Waals surface area contributed by atoms with Gasteiger partial charge in [-0.2, -0.15) is 0 Å². The Morgan fingerprint density at radius 3 is 2.50 bits per heavy atom. The van der Waals surface area contributed by atoms with Crippen LogP contribution in [0.4, 0.5) is 0 Å². The molecule has 2 aliphatic rings. The molecule has 0 bridgehead atoms. The highest BCUT2D eigenvalue weighted by Gasteiger charge is 2.31. The van der Waals surface area contributed by atoms with E-state index < -0.39 is 0 Å². The number of carbonyl (C=O) groups is 1. The first-order valence-electron chi connectivity index (χ1n) is 5.13. The molecule has 0 aromatic heterocycles. The zero-order chi connectivity index (χ0) is 8.39. The fourth-order valence-corrected chi connectivity index (χ4v) is 2.65. The first kappa shape index (κ1) is 8.24. The third kappa shape index (κ3) is 1.40. The maximum absolute atomic E-state index is 10.7. The fraction of sp³-hybridized carbons (Fsp3) is 0.900. The van der Waals surface area contributed by atoms with E-state index in [-0.39, 0.29) is 6.04 Å². The van der Waals surface area contributed by atoms with Crippen molar-refractivity contribution in [2.75, 3.05) is 6.54 Å². The molecule has 0 spiro atoms. The van der Waals surface area contributed by atoms with Crippen LogP contribution in [0.15, 0.2) is 0 Å². The summed E-state index contributed by atoms with van der Waals surface area (Å²) in [6.07, 6.45) is 8.85. The third-order valence-electron chi connectivity index (χ3n) is 3.29. The molecule has 1 atom stereocenters. The van der Waals surface area contributed by atoms with E-state index in [1.165, 1.54) is 32.1 Å². The lowest BCUT2D eigenvalue weighted by molar-refractivity contribution is -0.112. The van der Waals surface area contributed by atoms with E-state index in [9.17, 15) is 4.79 Å². The minimum absolute atomic E-state index is 0.257. The summed E-state index contributed by atoms with van der Waals surface area (Å²) in [5, 5.41) is 0. The van der Waals surface area contributed by atoms with Crippen molar-refractivity contribution in [3.63, 3.8) is 0 Å². The Hall–Kier alpha value is -0.370. The van der Waals surface area contributed by atoms with Crippen molar-refractivity contribution >= 4 is 6.29 Å². The second kappa shape index (κ2) is 3.56. The number of hydrogen-bond donors (Lipinski definition) is 0. The Labute approximate surface area is 73.9 Å². The lowest BCUT2D eigenvalue weighted by Gasteiger charge is -2.26. The molecule has 0 aromatic carbocycles. The molecule has 2 nitrogen and oxygen atoms in total. The summed E-state index contributed by atoms with van der Waals surface area (Å²) in [6.45, 7) is 1.16. The predicted molar refractivity (Wildman–Crippen MR) is 48.0 cm³/mol. The zero-order valence-electron chi connectivity index (χ0n) is 7.54. The first-order valence-corrected chi connectivity index (χ1v) is 5.13. The molecule has 12 heavy (non-hydrogen) atoms. The van der Waals surface area contributed by atoms with Crippen molar-refractivity contribution in [3.8, 4) is 0 Å². The van der Waals surface area contributed by atoms with Crippen LogP contribution in [0.25, 0.3) is 0 Å². The number of nitrogens with zero attached hydrogens (tertiary/aromatic N) is 1. The molecule has 0 aromatic rings. The topological polar surface area (TPSA) is 20.3 Å². The molecule has 2 heteroatoms. The van der Waals surface area contributed by atoms with E-state index in [0.717, 1.165) is 25.3 Å². The summed E-state index contributed by atoms with van der Waals surface area (Å²) in [4.78, 5) is 13.2. The van der Waals surface area contributed by atoms with Gasteiger partial charge in [-0.3, -0.25) is 4.90 Å². The Balaban J connectivity index is 1.96. The van der Waals surface area contributed by atoms with Gasteiger partial charge in [-0.1, -0.05) is 12.8 Å². The largest absolute Gasteiger partial charge is 0.302 e. The Morgan fingerprint density at radius 1 is 1.08 bits per heavy atom. The molecule has 1 aliphatic carbocycles. The van der Waals surface area contributed by atoms with Crippen molar-refractivity contribution in [1.82, 2.24) is 4.90 Å². The molecule has 68 valence electrons. The van der Waals surface area contributed by atoms with Gasteiger partial charge in [-0.15, -0.1) is 0 Å². The Bertz CT molecular complexity index is 163. The van der Waals surface area contributed by atoms with Crippen LogP contribution in [0.2, 0.25) is 0 Å². The van der Waals surface area contributed by atoms with E-state index >= 15 is 0 Å². The minimum atomic E-state index is 0.257. The van der Waals surface area contributed by atoms with Gasteiger partial charge < -0.3 is 4.79 Å². The van der Waals surface area contributed by atoms with Gasteiger partial charge in [0, 0.05) is 6.04 Å². The van der Waals surface area contributed by atoms with E-state index in [0.29, 0.717) is 0 Å². The lowest BCUT2D eigenvalue weighted by atomic mass is 10.2. The normalized spacial score (nSPS) is 32.8. The second-order valence-electron chi connectivity index (χ2n) is 4.02. The average molecular weight is 167 g/mol. The van der Waals surface area contributed by atoms with E-state index in [2.05, 4.69) is 4.90 Å². The van der Waals surface area contributed by atoms with Crippen molar-refractivity contribution in [1.29, 1.82) is 0 Å². The molecule has 2 fully saturated rings. The van der Waals surface area contributed by atoms with Gasteiger partial charge in [0.05, 0.1) is 6.04 Å². The zero-order valence-corrected chi connectivity index (χ0v) is 7.54. The van der Waals surface area contributed by atoms with Crippen LogP contribution < -0.4 is 0 Å². The molecule has 2 rings (SSSR count). The molecule has 0 N–H and O–H groups in total. The van der Waals surface area contributed by atoms with Crippen LogP contribution in [0.1, 0.15) is 38.5 Å². The highest BCUT2D eigenvalue weighted by molar-refractivity contribution is 5.58. The number of carbonyl (C=O) groups excluding carboxylic acids is 1. The standard InChI is InChI=1S/C10H17NO/c12-8-10-6-3-7-11(10)9-4-1-2-5-9/h8-10H,1-7H2. The number of hydrogen-bond acceptors (Lipinski definition) is 2. The van der Waals surface area contributed by atoms with Crippen molar-refractivity contribution in [3.05, 3.63) is 0 Å². The van der Waals surface area contributed by atoms with Crippen molar-refractivity contribution in [2.24, 2.45) is 0 Å². The molecule has 1 heterocycles. The first-order chi connectivity index (χ1) is 5.92. The molecular formula is C10H17NO. The van der Waals surface area contributed by atoms with Gasteiger partial charge in [0.2, 0.25) is 0 Å². The molecule has 1 unspecified atom stereocenters. The Morgan fingerprint density at radius 2 is 1.83 bits per heavy atom. The molecular weight excluding hydrogens is 150 g/mol. The minimum Gasteiger partial charge on any atom is -0.302 e. The van der Waals surface area contributed by atoms with E-state index in [1.54, 1.807) is 0 Å². The average Bonchev–Trinajstić information content (AvgIpc) is 2.74. The highest BCUT2D eigenvalue weighted by atomic mass is 16.1. The maximum Gasteiger partial charge on any atom is 0.137 e. The summed E-state index contributed by atoms with van der Waals surface area (Å²) in [5.41, 5.74) is 0. The second-order valence-corrected chi connectivity index (χ2v) is 4.02. The summed E-state index contributed by atoms with van der Waals surface area (Å²) in [6, 6.07) is 0.996. The lowest BCUT2D eigenvalue weighted by Crippen LogP contribution is -2.38. The third-order valence-corrected chi connectivity index (χ3v) is 3.29. The number of aldehydes is 1. The fourth-order valence-electron chi connectivity index (χ4n) is 2.65. The number of likely N-dealkylation sites (tertiary alicyclic amines) is 1. The Kier molecular flexibility index (Phi) is 2.45. The smallest absolute Gasteiger partial charge is 0.137 e. The highest BCUT2D eigenvalue weighted by Crippen LogP contribution is 2.28. The van der Waals surface area contributed by atoms with E-state index in [4.69, 9.17) is 0 Å². The van der Waals surface area contributed by atoms with Crippen LogP contribution in [-0.4, -0.2) is 29.8 Å². The molecule has 0 radical (unpaired) electrons. The van der Waals surface area contributed by atoms with Gasteiger partial charge in [0.25, 0.3) is 0 Å². The van der Waals surface area contributed by atoms with Gasteiger partial charge in [0.15, 0.2) is 0 Å².